The number of nitrogens with zero attached hydrogens (tertiary/aromatic N) is 1. The Morgan fingerprint density at radius 1 is 1.40 bits per heavy atom. The molecule has 1 fully saturated rings. The van der Waals surface area contributed by atoms with Crippen molar-refractivity contribution in [1.82, 2.24) is 4.98 Å². The van der Waals surface area contributed by atoms with E-state index in [1.54, 1.807) is 0 Å². The third kappa shape index (κ3) is 3.03. The molecule has 0 radical (unpaired) electrons. The fourth-order valence-electron chi connectivity index (χ4n) is 2.50. The van der Waals surface area contributed by atoms with Gasteiger partial charge in [-0.05, 0) is 43.2 Å². The molecular formula is C13H20N2. The average Bonchev–Trinajstić information content (AvgIpc) is 2.81. The minimum atomic E-state index is 0.396. The van der Waals surface area contributed by atoms with E-state index in [-0.39, 0.29) is 0 Å². The van der Waals surface area contributed by atoms with E-state index in [1.165, 1.54) is 31.2 Å². The zero-order chi connectivity index (χ0) is 10.5. The maximum atomic E-state index is 6.21. The van der Waals surface area contributed by atoms with E-state index in [9.17, 15) is 0 Å². The molecule has 0 amide bonds. The maximum absolute atomic E-state index is 6.21. The Bertz CT molecular complexity index is 278. The SMILES string of the molecule is NC(CCc1cccnc1)C1CCCC1. The van der Waals surface area contributed by atoms with Gasteiger partial charge in [-0.3, -0.25) is 4.98 Å². The fourth-order valence-corrected chi connectivity index (χ4v) is 2.50. The monoisotopic (exact) mass is 204 g/mol. The van der Waals surface area contributed by atoms with Gasteiger partial charge in [0.05, 0.1) is 0 Å². The van der Waals surface area contributed by atoms with Crippen LogP contribution in [0.15, 0.2) is 24.5 Å². The van der Waals surface area contributed by atoms with Crippen LogP contribution in [0.1, 0.15) is 37.7 Å². The van der Waals surface area contributed by atoms with Crippen LogP contribution in [0.2, 0.25) is 0 Å². The summed E-state index contributed by atoms with van der Waals surface area (Å²) in [5.74, 6) is 0.779. The average molecular weight is 204 g/mol. The number of rotatable bonds is 4. The summed E-state index contributed by atoms with van der Waals surface area (Å²) < 4.78 is 0. The number of pyridine rings is 1. The van der Waals surface area contributed by atoms with Crippen molar-refractivity contribution in [2.45, 2.75) is 44.6 Å². The van der Waals surface area contributed by atoms with Gasteiger partial charge in [0.15, 0.2) is 0 Å². The Kier molecular flexibility index (Phi) is 3.73. The van der Waals surface area contributed by atoms with Crippen LogP contribution in [0.4, 0.5) is 0 Å². The molecule has 1 unspecified atom stereocenters. The van der Waals surface area contributed by atoms with Gasteiger partial charge in [-0.15, -0.1) is 0 Å². The molecule has 0 spiro atoms. The predicted molar refractivity (Wildman–Crippen MR) is 62.5 cm³/mol. The van der Waals surface area contributed by atoms with Gasteiger partial charge < -0.3 is 5.73 Å². The third-order valence-corrected chi connectivity index (χ3v) is 3.49. The molecule has 15 heavy (non-hydrogen) atoms. The third-order valence-electron chi connectivity index (χ3n) is 3.49. The van der Waals surface area contributed by atoms with E-state index in [1.807, 2.05) is 18.5 Å². The first-order valence-corrected chi connectivity index (χ1v) is 6.01. The molecule has 1 saturated carbocycles. The van der Waals surface area contributed by atoms with E-state index >= 15 is 0 Å². The van der Waals surface area contributed by atoms with Gasteiger partial charge in [-0.25, -0.2) is 0 Å². The summed E-state index contributed by atoms with van der Waals surface area (Å²) in [6.07, 6.45) is 11.4. The van der Waals surface area contributed by atoms with Crippen LogP contribution in [0.3, 0.4) is 0 Å². The Balaban J connectivity index is 1.77. The second kappa shape index (κ2) is 5.26. The summed E-state index contributed by atoms with van der Waals surface area (Å²) in [6, 6.07) is 4.53. The van der Waals surface area contributed by atoms with Crippen molar-refractivity contribution in [3.8, 4) is 0 Å². The predicted octanol–water partition coefficient (Wildman–Crippen LogP) is 2.53. The first kappa shape index (κ1) is 10.6. The Hall–Kier alpha value is -0.890. The lowest BCUT2D eigenvalue weighted by atomic mass is 9.94. The molecule has 82 valence electrons. The second-order valence-corrected chi connectivity index (χ2v) is 4.61. The first-order valence-electron chi connectivity index (χ1n) is 6.01. The molecule has 2 N–H and O–H groups in total. The van der Waals surface area contributed by atoms with Crippen LogP contribution in [0.5, 0.6) is 0 Å². The summed E-state index contributed by atoms with van der Waals surface area (Å²) in [7, 11) is 0. The molecule has 2 rings (SSSR count). The zero-order valence-corrected chi connectivity index (χ0v) is 9.23. The molecule has 2 nitrogen and oxygen atoms in total. The lowest BCUT2D eigenvalue weighted by molar-refractivity contribution is 0.410. The van der Waals surface area contributed by atoms with Gasteiger partial charge >= 0.3 is 0 Å². The number of hydrogen-bond donors (Lipinski definition) is 1. The van der Waals surface area contributed by atoms with Crippen LogP contribution in [0, 0.1) is 5.92 Å². The summed E-state index contributed by atoms with van der Waals surface area (Å²) in [6.45, 7) is 0. The highest BCUT2D eigenvalue weighted by molar-refractivity contribution is 5.08. The highest BCUT2D eigenvalue weighted by Crippen LogP contribution is 2.28. The highest BCUT2D eigenvalue weighted by atomic mass is 14.7. The number of nitrogens with two attached hydrogens (primary N) is 1. The Morgan fingerprint density at radius 3 is 2.87 bits per heavy atom. The standard InChI is InChI=1S/C13H20N2/c14-13(12-5-1-2-6-12)8-7-11-4-3-9-15-10-11/h3-4,9-10,12-13H,1-2,5-8,14H2. The molecule has 1 heterocycles. The quantitative estimate of drug-likeness (QED) is 0.818. The van der Waals surface area contributed by atoms with Crippen molar-refractivity contribution < 1.29 is 0 Å². The van der Waals surface area contributed by atoms with Gasteiger partial charge in [0, 0.05) is 18.4 Å². The van der Waals surface area contributed by atoms with Crippen molar-refractivity contribution in [3.63, 3.8) is 0 Å². The fraction of sp³-hybridized carbons (Fsp3) is 0.615. The molecule has 0 saturated heterocycles. The van der Waals surface area contributed by atoms with Gasteiger partial charge in [-0.2, -0.15) is 0 Å². The lowest BCUT2D eigenvalue weighted by Gasteiger charge is -2.18. The summed E-state index contributed by atoms with van der Waals surface area (Å²) >= 11 is 0. The zero-order valence-electron chi connectivity index (χ0n) is 9.23. The molecule has 0 aromatic carbocycles. The molecular weight excluding hydrogens is 184 g/mol. The molecule has 1 aliphatic rings. The van der Waals surface area contributed by atoms with Gasteiger partial charge in [0.1, 0.15) is 0 Å². The molecule has 0 bridgehead atoms. The van der Waals surface area contributed by atoms with Crippen molar-refractivity contribution >= 4 is 0 Å². The largest absolute Gasteiger partial charge is 0.327 e. The van der Waals surface area contributed by atoms with Gasteiger partial charge in [0.25, 0.3) is 0 Å². The Morgan fingerprint density at radius 2 is 2.20 bits per heavy atom. The van der Waals surface area contributed by atoms with Crippen molar-refractivity contribution in [2.75, 3.05) is 0 Å². The normalized spacial score (nSPS) is 19.3. The topological polar surface area (TPSA) is 38.9 Å². The minimum Gasteiger partial charge on any atom is -0.327 e. The van der Waals surface area contributed by atoms with Crippen LogP contribution < -0.4 is 5.73 Å². The first-order chi connectivity index (χ1) is 7.36. The molecule has 1 aliphatic carbocycles. The van der Waals surface area contributed by atoms with Crippen molar-refractivity contribution in [2.24, 2.45) is 11.7 Å². The van der Waals surface area contributed by atoms with E-state index < -0.39 is 0 Å². The maximum Gasteiger partial charge on any atom is 0.0299 e. The summed E-state index contributed by atoms with van der Waals surface area (Å²) in [5.41, 5.74) is 7.52. The highest BCUT2D eigenvalue weighted by Gasteiger charge is 2.21. The molecule has 2 heteroatoms. The van der Waals surface area contributed by atoms with Crippen LogP contribution >= 0.6 is 0 Å². The van der Waals surface area contributed by atoms with Gasteiger partial charge in [0.2, 0.25) is 0 Å². The van der Waals surface area contributed by atoms with Crippen molar-refractivity contribution in [1.29, 1.82) is 0 Å². The Labute approximate surface area is 91.9 Å². The summed E-state index contributed by atoms with van der Waals surface area (Å²) in [4.78, 5) is 4.12. The van der Waals surface area contributed by atoms with Crippen LogP contribution in [-0.2, 0) is 6.42 Å². The number of hydrogen-bond acceptors (Lipinski definition) is 2. The van der Waals surface area contributed by atoms with E-state index in [0.29, 0.717) is 6.04 Å². The smallest absolute Gasteiger partial charge is 0.0299 e. The molecule has 1 aromatic rings. The molecule has 1 aromatic heterocycles. The van der Waals surface area contributed by atoms with E-state index in [2.05, 4.69) is 11.1 Å². The number of aryl methyl sites for hydroxylation is 1. The van der Waals surface area contributed by atoms with E-state index in [0.717, 1.165) is 18.8 Å². The molecule has 1 atom stereocenters. The van der Waals surface area contributed by atoms with E-state index in [4.69, 9.17) is 5.73 Å². The molecule has 0 aliphatic heterocycles. The number of aromatic nitrogens is 1. The van der Waals surface area contributed by atoms with Crippen LogP contribution in [-0.4, -0.2) is 11.0 Å². The minimum absolute atomic E-state index is 0.396. The van der Waals surface area contributed by atoms with Crippen LogP contribution in [0.25, 0.3) is 0 Å². The van der Waals surface area contributed by atoms with Gasteiger partial charge in [-0.1, -0.05) is 18.9 Å². The lowest BCUT2D eigenvalue weighted by Crippen LogP contribution is -2.28. The second-order valence-electron chi connectivity index (χ2n) is 4.61. The van der Waals surface area contributed by atoms with Crippen molar-refractivity contribution in [3.05, 3.63) is 30.1 Å². The summed E-state index contributed by atoms with van der Waals surface area (Å²) in [5, 5.41) is 0.